The van der Waals surface area contributed by atoms with Crippen molar-refractivity contribution in [3.05, 3.63) is 59.2 Å². The average Bonchev–Trinajstić information content (AvgIpc) is 2.72. The van der Waals surface area contributed by atoms with E-state index < -0.39 is 11.9 Å². The number of aromatic nitrogens is 2. The van der Waals surface area contributed by atoms with Crippen molar-refractivity contribution in [2.24, 2.45) is 0 Å². The maximum Gasteiger partial charge on any atom is 0.356 e. The zero-order chi connectivity index (χ0) is 19.1. The van der Waals surface area contributed by atoms with Gasteiger partial charge in [-0.2, -0.15) is 0 Å². The van der Waals surface area contributed by atoms with E-state index >= 15 is 0 Å². The molecule has 8 nitrogen and oxygen atoms in total. The van der Waals surface area contributed by atoms with Crippen LogP contribution in [-0.2, 0) is 22.6 Å². The molecule has 1 fully saturated rings. The van der Waals surface area contributed by atoms with Gasteiger partial charge in [0.05, 0.1) is 25.1 Å². The summed E-state index contributed by atoms with van der Waals surface area (Å²) in [6.07, 6.45) is 4.33. The van der Waals surface area contributed by atoms with Crippen LogP contribution >= 0.6 is 0 Å². The van der Waals surface area contributed by atoms with Crippen molar-refractivity contribution in [2.45, 2.75) is 32.1 Å². The van der Waals surface area contributed by atoms with E-state index in [-0.39, 0.29) is 17.5 Å². The van der Waals surface area contributed by atoms with Crippen LogP contribution in [0.3, 0.4) is 0 Å². The number of carbonyl (C=O) groups is 2. The van der Waals surface area contributed by atoms with Gasteiger partial charge in [-0.25, -0.2) is 14.8 Å². The number of carbonyl (C=O) groups excluding carboxylic acids is 1. The lowest BCUT2D eigenvalue weighted by Gasteiger charge is -2.22. The van der Waals surface area contributed by atoms with E-state index in [2.05, 4.69) is 15.3 Å². The topological polar surface area (TPSA) is 111 Å². The van der Waals surface area contributed by atoms with Gasteiger partial charge in [0.25, 0.3) is 5.91 Å². The van der Waals surface area contributed by atoms with Crippen LogP contribution in [0.5, 0.6) is 0 Å². The van der Waals surface area contributed by atoms with E-state index in [1.165, 1.54) is 0 Å². The Hall–Kier alpha value is -2.84. The molecule has 1 aliphatic heterocycles. The predicted molar refractivity (Wildman–Crippen MR) is 95.2 cm³/mol. The lowest BCUT2D eigenvalue weighted by molar-refractivity contribution is -0.0390. The number of ether oxygens (including phenoxy) is 2. The van der Waals surface area contributed by atoms with E-state index in [4.69, 9.17) is 14.6 Å². The van der Waals surface area contributed by atoms with Gasteiger partial charge in [0, 0.05) is 19.8 Å². The highest BCUT2D eigenvalue weighted by Gasteiger charge is 2.14. The van der Waals surface area contributed by atoms with Crippen molar-refractivity contribution < 1.29 is 24.2 Å². The first-order chi connectivity index (χ1) is 13.1. The highest BCUT2D eigenvalue weighted by molar-refractivity contribution is 5.92. The van der Waals surface area contributed by atoms with E-state index in [0.29, 0.717) is 13.2 Å². The van der Waals surface area contributed by atoms with E-state index in [1.807, 2.05) is 24.3 Å². The number of carboxylic acids is 1. The molecule has 0 spiro atoms. The molecule has 3 rings (SSSR count). The summed E-state index contributed by atoms with van der Waals surface area (Å²) in [6.45, 7) is 2.41. The molecular weight excluding hydrogens is 350 g/mol. The van der Waals surface area contributed by atoms with Gasteiger partial charge in [-0.15, -0.1) is 0 Å². The summed E-state index contributed by atoms with van der Waals surface area (Å²) in [5.74, 6) is -1.60. The van der Waals surface area contributed by atoms with Crippen molar-refractivity contribution >= 4 is 11.9 Å². The molecule has 142 valence electrons. The third-order valence-corrected chi connectivity index (χ3v) is 4.23. The molecule has 1 aromatic heterocycles. The SMILES string of the molecule is O=C(O)c1cnc(C(=O)NCc2ccc(COC3CCOCC3)cc2)cn1. The largest absolute Gasteiger partial charge is 0.476 e. The summed E-state index contributed by atoms with van der Waals surface area (Å²) in [7, 11) is 0. The average molecular weight is 371 g/mol. The molecule has 0 radical (unpaired) electrons. The molecule has 27 heavy (non-hydrogen) atoms. The highest BCUT2D eigenvalue weighted by atomic mass is 16.5. The fraction of sp³-hybridized carbons (Fsp3) is 0.368. The summed E-state index contributed by atoms with van der Waals surface area (Å²) in [5, 5.41) is 11.5. The van der Waals surface area contributed by atoms with Gasteiger partial charge in [0.1, 0.15) is 5.69 Å². The first kappa shape index (κ1) is 18.9. The van der Waals surface area contributed by atoms with Gasteiger partial charge in [-0.05, 0) is 24.0 Å². The zero-order valence-electron chi connectivity index (χ0n) is 14.8. The monoisotopic (exact) mass is 371 g/mol. The minimum absolute atomic E-state index is 0.0708. The van der Waals surface area contributed by atoms with Crippen molar-refractivity contribution in [3.63, 3.8) is 0 Å². The second kappa shape index (κ2) is 9.20. The fourth-order valence-electron chi connectivity index (χ4n) is 2.64. The zero-order valence-corrected chi connectivity index (χ0v) is 14.8. The first-order valence-electron chi connectivity index (χ1n) is 8.72. The maximum atomic E-state index is 12.1. The standard InChI is InChI=1S/C19H21N3O5/c23-18(16-10-21-17(11-20-16)19(24)25)22-9-13-1-3-14(4-2-13)12-27-15-5-7-26-8-6-15/h1-4,10-11,15H,5-9,12H2,(H,22,23)(H,24,25). The molecule has 1 amide bonds. The summed E-state index contributed by atoms with van der Waals surface area (Å²) in [6, 6.07) is 7.81. The third-order valence-electron chi connectivity index (χ3n) is 4.23. The third kappa shape index (κ3) is 5.57. The van der Waals surface area contributed by atoms with E-state index in [9.17, 15) is 9.59 Å². The van der Waals surface area contributed by atoms with Crippen LogP contribution in [0.25, 0.3) is 0 Å². The highest BCUT2D eigenvalue weighted by Crippen LogP contribution is 2.14. The van der Waals surface area contributed by atoms with Gasteiger partial charge in [0.15, 0.2) is 5.69 Å². The fourth-order valence-corrected chi connectivity index (χ4v) is 2.64. The Labute approximate surface area is 156 Å². The van der Waals surface area contributed by atoms with Crippen molar-refractivity contribution in [1.29, 1.82) is 0 Å². The normalized spacial score (nSPS) is 14.7. The smallest absolute Gasteiger partial charge is 0.356 e. The van der Waals surface area contributed by atoms with Gasteiger partial charge in [-0.1, -0.05) is 24.3 Å². The molecule has 2 aromatic rings. The molecule has 1 saturated heterocycles. The van der Waals surface area contributed by atoms with Crippen molar-refractivity contribution in [2.75, 3.05) is 13.2 Å². The van der Waals surface area contributed by atoms with E-state index in [1.54, 1.807) is 0 Å². The molecule has 2 N–H and O–H groups in total. The van der Waals surface area contributed by atoms with Crippen LogP contribution in [-0.4, -0.2) is 46.3 Å². The van der Waals surface area contributed by atoms with Crippen molar-refractivity contribution in [3.8, 4) is 0 Å². The molecule has 8 heteroatoms. The molecule has 0 atom stereocenters. The lowest BCUT2D eigenvalue weighted by Crippen LogP contribution is -2.24. The summed E-state index contributed by atoms with van der Waals surface area (Å²) < 4.78 is 11.2. The molecular formula is C19H21N3O5. The van der Waals surface area contributed by atoms with Crippen LogP contribution in [0.15, 0.2) is 36.7 Å². The Morgan fingerprint density at radius 3 is 2.33 bits per heavy atom. The van der Waals surface area contributed by atoms with Gasteiger partial charge >= 0.3 is 5.97 Å². The number of hydrogen-bond donors (Lipinski definition) is 2. The maximum absolute atomic E-state index is 12.1. The van der Waals surface area contributed by atoms with Crippen LogP contribution in [0, 0.1) is 0 Å². The number of amides is 1. The van der Waals surface area contributed by atoms with Crippen LogP contribution in [0.4, 0.5) is 0 Å². The van der Waals surface area contributed by atoms with Crippen molar-refractivity contribution in [1.82, 2.24) is 15.3 Å². The van der Waals surface area contributed by atoms with E-state index in [0.717, 1.165) is 49.6 Å². The molecule has 1 aromatic carbocycles. The molecule has 2 heterocycles. The number of carboxylic acid groups (broad SMARTS) is 1. The van der Waals surface area contributed by atoms with Gasteiger partial charge < -0.3 is 19.9 Å². The Balaban J connectivity index is 1.46. The summed E-state index contributed by atoms with van der Waals surface area (Å²) in [4.78, 5) is 30.3. The number of benzene rings is 1. The Morgan fingerprint density at radius 2 is 1.70 bits per heavy atom. The second-order valence-corrected chi connectivity index (χ2v) is 6.21. The first-order valence-corrected chi connectivity index (χ1v) is 8.72. The molecule has 0 bridgehead atoms. The number of rotatable bonds is 7. The molecule has 0 aliphatic carbocycles. The summed E-state index contributed by atoms with van der Waals surface area (Å²) >= 11 is 0. The Kier molecular flexibility index (Phi) is 6.45. The van der Waals surface area contributed by atoms with Gasteiger partial charge in [-0.3, -0.25) is 4.79 Å². The quantitative estimate of drug-likeness (QED) is 0.763. The van der Waals surface area contributed by atoms with Gasteiger partial charge in [0.2, 0.25) is 0 Å². The van der Waals surface area contributed by atoms with Crippen LogP contribution < -0.4 is 5.32 Å². The second-order valence-electron chi connectivity index (χ2n) is 6.21. The van der Waals surface area contributed by atoms with Crippen LogP contribution in [0.1, 0.15) is 44.9 Å². The number of nitrogens with zero attached hydrogens (tertiary/aromatic N) is 2. The molecule has 0 saturated carbocycles. The molecule has 1 aliphatic rings. The summed E-state index contributed by atoms with van der Waals surface area (Å²) in [5.41, 5.74) is 1.88. The number of aromatic carboxylic acids is 1. The lowest BCUT2D eigenvalue weighted by atomic mass is 10.1. The Bertz CT molecular complexity index is 771. The predicted octanol–water partition coefficient (Wildman–Crippen LogP) is 1.80. The minimum Gasteiger partial charge on any atom is -0.476 e. The minimum atomic E-state index is -1.18. The molecule has 0 unspecified atom stereocenters. The Morgan fingerprint density at radius 1 is 1.07 bits per heavy atom. The number of hydrogen-bond acceptors (Lipinski definition) is 6. The van der Waals surface area contributed by atoms with Crippen LogP contribution in [0.2, 0.25) is 0 Å². The number of nitrogens with one attached hydrogen (secondary N) is 1.